The van der Waals surface area contributed by atoms with E-state index in [-0.39, 0.29) is 5.75 Å². The van der Waals surface area contributed by atoms with Gasteiger partial charge in [-0.15, -0.1) is 0 Å². The van der Waals surface area contributed by atoms with Gasteiger partial charge < -0.3 is 15.2 Å². The zero-order chi connectivity index (χ0) is 16.7. The van der Waals surface area contributed by atoms with E-state index in [9.17, 15) is 5.11 Å². The van der Waals surface area contributed by atoms with Gasteiger partial charge in [0, 0.05) is 11.3 Å². The van der Waals surface area contributed by atoms with E-state index in [2.05, 4.69) is 15.8 Å². The van der Waals surface area contributed by atoms with Crippen molar-refractivity contribution >= 4 is 29.2 Å². The van der Waals surface area contributed by atoms with Crippen molar-refractivity contribution in [1.82, 2.24) is 5.43 Å². The highest BCUT2D eigenvalue weighted by atomic mass is 32.1. The molecule has 0 atom stereocenters. The van der Waals surface area contributed by atoms with Crippen LogP contribution in [0.1, 0.15) is 18.1 Å². The van der Waals surface area contributed by atoms with Gasteiger partial charge in [-0.25, -0.2) is 0 Å². The van der Waals surface area contributed by atoms with Crippen LogP contribution in [0.2, 0.25) is 0 Å². The smallest absolute Gasteiger partial charge is 0.191 e. The Balaban J connectivity index is 1.94. The third kappa shape index (κ3) is 4.96. The third-order valence-corrected chi connectivity index (χ3v) is 3.20. The Bertz CT molecular complexity index is 699. The number of hydrazone groups is 1. The number of para-hydroxylation sites is 1. The number of phenolic OH excluding ortho intramolecular Hbond substituents is 1. The fourth-order valence-electron chi connectivity index (χ4n) is 1.87. The van der Waals surface area contributed by atoms with Gasteiger partial charge in [0.05, 0.1) is 12.8 Å². The number of nitrogens with zero attached hydrogens (tertiary/aromatic N) is 1. The van der Waals surface area contributed by atoms with Crippen LogP contribution in [0.5, 0.6) is 11.5 Å². The molecule has 2 rings (SSSR count). The quantitative estimate of drug-likeness (QED) is 0.446. The van der Waals surface area contributed by atoms with Crippen molar-refractivity contribution in [3.63, 3.8) is 0 Å². The summed E-state index contributed by atoms with van der Waals surface area (Å²) in [5.74, 6) is 0.481. The van der Waals surface area contributed by atoms with Gasteiger partial charge >= 0.3 is 0 Å². The first-order chi connectivity index (χ1) is 11.1. The Labute approximate surface area is 141 Å². The van der Waals surface area contributed by atoms with Crippen molar-refractivity contribution in [1.29, 1.82) is 0 Å². The molecule has 0 heterocycles. The topological polar surface area (TPSA) is 65.9 Å². The number of aromatic hydroxyl groups is 1. The van der Waals surface area contributed by atoms with E-state index in [0.717, 1.165) is 5.69 Å². The molecule has 0 amide bonds. The Hall–Kier alpha value is -2.60. The number of rotatable bonds is 5. The molecule has 6 heteroatoms. The van der Waals surface area contributed by atoms with Crippen LogP contribution < -0.4 is 15.5 Å². The molecule has 3 N–H and O–H groups in total. The highest BCUT2D eigenvalue weighted by molar-refractivity contribution is 7.80. The van der Waals surface area contributed by atoms with Crippen LogP contribution in [0.15, 0.2) is 47.6 Å². The first-order valence-corrected chi connectivity index (χ1v) is 7.62. The van der Waals surface area contributed by atoms with Crippen LogP contribution in [0.3, 0.4) is 0 Å². The van der Waals surface area contributed by atoms with E-state index in [4.69, 9.17) is 17.0 Å². The first-order valence-electron chi connectivity index (χ1n) is 7.21. The van der Waals surface area contributed by atoms with Gasteiger partial charge in [-0.1, -0.05) is 23.8 Å². The van der Waals surface area contributed by atoms with E-state index in [0.29, 0.717) is 23.0 Å². The van der Waals surface area contributed by atoms with Crippen LogP contribution >= 0.6 is 12.2 Å². The van der Waals surface area contributed by atoms with Gasteiger partial charge in [0.15, 0.2) is 16.6 Å². The van der Waals surface area contributed by atoms with Crippen LogP contribution in [0.4, 0.5) is 5.69 Å². The lowest BCUT2D eigenvalue weighted by Crippen LogP contribution is -2.23. The second-order valence-corrected chi connectivity index (χ2v) is 5.23. The van der Waals surface area contributed by atoms with Gasteiger partial charge in [-0.05, 0) is 50.3 Å². The molecule has 120 valence electrons. The standard InChI is InChI=1S/C17H19N3O2S/c1-3-22-15-6-4-5-13(16(15)21)11-18-20-17(23)19-14-9-7-12(2)8-10-14/h4-11,21H,3H2,1-2H3,(H2,19,20,23)/b18-11+. The molecular weight excluding hydrogens is 310 g/mol. The predicted molar refractivity (Wildman–Crippen MR) is 97.4 cm³/mol. The number of anilines is 1. The Morgan fingerprint density at radius 1 is 1.26 bits per heavy atom. The summed E-state index contributed by atoms with van der Waals surface area (Å²) < 4.78 is 5.32. The summed E-state index contributed by atoms with van der Waals surface area (Å²) in [6.07, 6.45) is 1.49. The van der Waals surface area contributed by atoms with Crippen LogP contribution in [0, 0.1) is 6.92 Å². The van der Waals surface area contributed by atoms with Crippen molar-refractivity contribution in [2.75, 3.05) is 11.9 Å². The Morgan fingerprint density at radius 3 is 2.70 bits per heavy atom. The van der Waals surface area contributed by atoms with Gasteiger partial charge in [-0.2, -0.15) is 5.10 Å². The molecule has 0 fully saturated rings. The van der Waals surface area contributed by atoms with E-state index in [1.807, 2.05) is 38.1 Å². The average molecular weight is 329 g/mol. The maximum absolute atomic E-state index is 10.1. The molecule has 0 spiro atoms. The van der Waals surface area contributed by atoms with Crippen LogP contribution in [0.25, 0.3) is 0 Å². The summed E-state index contributed by atoms with van der Waals surface area (Å²) in [7, 11) is 0. The molecule has 0 saturated carbocycles. The molecule has 0 unspecified atom stereocenters. The minimum Gasteiger partial charge on any atom is -0.504 e. The number of benzene rings is 2. The maximum Gasteiger partial charge on any atom is 0.191 e. The van der Waals surface area contributed by atoms with E-state index in [1.54, 1.807) is 18.2 Å². The second-order valence-electron chi connectivity index (χ2n) is 4.82. The summed E-state index contributed by atoms with van der Waals surface area (Å²) in [5, 5.41) is 17.5. The zero-order valence-corrected chi connectivity index (χ0v) is 13.9. The molecule has 2 aromatic rings. The average Bonchev–Trinajstić information content (AvgIpc) is 2.53. The van der Waals surface area contributed by atoms with Gasteiger partial charge in [-0.3, -0.25) is 5.43 Å². The Kier molecular flexibility index (Phi) is 5.94. The molecule has 5 nitrogen and oxygen atoms in total. The number of phenols is 1. The van der Waals surface area contributed by atoms with Crippen molar-refractivity contribution in [2.24, 2.45) is 5.10 Å². The normalized spacial score (nSPS) is 10.5. The van der Waals surface area contributed by atoms with E-state index >= 15 is 0 Å². The fourth-order valence-corrected chi connectivity index (χ4v) is 2.04. The monoisotopic (exact) mass is 329 g/mol. The summed E-state index contributed by atoms with van der Waals surface area (Å²) in [6.45, 7) is 4.36. The number of aryl methyl sites for hydroxylation is 1. The molecule has 0 saturated heterocycles. The molecule has 0 aliphatic rings. The minimum atomic E-state index is 0.0531. The number of hydrogen-bond donors (Lipinski definition) is 3. The first kappa shape index (κ1) is 16.8. The molecule has 0 aliphatic carbocycles. The number of hydrogen-bond acceptors (Lipinski definition) is 4. The number of ether oxygens (including phenoxy) is 1. The zero-order valence-electron chi connectivity index (χ0n) is 13.0. The molecular formula is C17H19N3O2S. The fraction of sp³-hybridized carbons (Fsp3) is 0.176. The second kappa shape index (κ2) is 8.14. The van der Waals surface area contributed by atoms with Gasteiger partial charge in [0.2, 0.25) is 0 Å². The van der Waals surface area contributed by atoms with Crippen LogP contribution in [-0.2, 0) is 0 Å². The predicted octanol–water partition coefficient (Wildman–Crippen LogP) is 3.42. The molecule has 0 bridgehead atoms. The SMILES string of the molecule is CCOc1cccc(/C=N/NC(=S)Nc2ccc(C)cc2)c1O. The highest BCUT2D eigenvalue weighted by Gasteiger charge is 2.05. The summed E-state index contributed by atoms with van der Waals surface area (Å²) >= 11 is 5.16. The number of thiocarbonyl (C=S) groups is 1. The molecule has 0 aromatic heterocycles. The molecule has 23 heavy (non-hydrogen) atoms. The lowest BCUT2D eigenvalue weighted by Gasteiger charge is -2.08. The summed E-state index contributed by atoms with van der Waals surface area (Å²) in [6, 6.07) is 13.1. The number of nitrogens with one attached hydrogen (secondary N) is 2. The van der Waals surface area contributed by atoms with Crippen LogP contribution in [-0.4, -0.2) is 23.0 Å². The molecule has 0 radical (unpaired) electrons. The maximum atomic E-state index is 10.1. The lowest BCUT2D eigenvalue weighted by atomic mass is 10.2. The largest absolute Gasteiger partial charge is 0.504 e. The van der Waals surface area contributed by atoms with Crippen molar-refractivity contribution in [3.05, 3.63) is 53.6 Å². The van der Waals surface area contributed by atoms with Gasteiger partial charge in [0.25, 0.3) is 0 Å². The molecule has 2 aromatic carbocycles. The summed E-state index contributed by atoms with van der Waals surface area (Å²) in [4.78, 5) is 0. The van der Waals surface area contributed by atoms with Crippen molar-refractivity contribution in [3.8, 4) is 11.5 Å². The van der Waals surface area contributed by atoms with E-state index < -0.39 is 0 Å². The van der Waals surface area contributed by atoms with Crippen molar-refractivity contribution in [2.45, 2.75) is 13.8 Å². The third-order valence-electron chi connectivity index (χ3n) is 3.01. The lowest BCUT2D eigenvalue weighted by molar-refractivity contribution is 0.318. The molecule has 0 aliphatic heterocycles. The summed E-state index contributed by atoms with van der Waals surface area (Å²) in [5.41, 5.74) is 5.31. The van der Waals surface area contributed by atoms with E-state index in [1.165, 1.54) is 11.8 Å². The Morgan fingerprint density at radius 2 is 2.00 bits per heavy atom. The highest BCUT2D eigenvalue weighted by Crippen LogP contribution is 2.28. The van der Waals surface area contributed by atoms with Crippen molar-refractivity contribution < 1.29 is 9.84 Å². The minimum absolute atomic E-state index is 0.0531. The van der Waals surface area contributed by atoms with Gasteiger partial charge in [0.1, 0.15) is 0 Å².